The van der Waals surface area contributed by atoms with Crippen molar-refractivity contribution in [2.45, 2.75) is 30.5 Å². The van der Waals surface area contributed by atoms with Crippen LogP contribution in [0.25, 0.3) is 0 Å². The Morgan fingerprint density at radius 3 is 2.41 bits per heavy atom. The molecule has 1 aliphatic heterocycles. The lowest BCUT2D eigenvalue weighted by atomic mass is 10.1. The van der Waals surface area contributed by atoms with Gasteiger partial charge in [0.15, 0.2) is 0 Å². The van der Waals surface area contributed by atoms with E-state index in [0.29, 0.717) is 12.1 Å². The Kier molecular flexibility index (Phi) is 4.90. The van der Waals surface area contributed by atoms with E-state index < -0.39 is 28.7 Å². The van der Waals surface area contributed by atoms with E-state index >= 15 is 0 Å². The summed E-state index contributed by atoms with van der Waals surface area (Å²) in [7, 11) is -3.86. The van der Waals surface area contributed by atoms with Gasteiger partial charge in [0, 0.05) is 11.6 Å². The maximum absolute atomic E-state index is 13.0. The van der Waals surface area contributed by atoms with Gasteiger partial charge in [-0.15, -0.1) is 0 Å². The second kappa shape index (κ2) is 6.88. The van der Waals surface area contributed by atoms with Gasteiger partial charge in [0.1, 0.15) is 6.54 Å². The van der Waals surface area contributed by atoms with Crippen LogP contribution in [0.4, 0.5) is 18.9 Å². The highest BCUT2D eigenvalue weighted by molar-refractivity contribution is 7.92. The summed E-state index contributed by atoms with van der Waals surface area (Å²) in [5.74, 6) is -0.920. The smallest absolute Gasteiger partial charge is 0.343 e. The SMILES string of the molecule is C[C@H]1Cc2ccccc2N1S(=O)(=O)c1ccc(C(=O)NCC(F)(F)F)cc1. The van der Waals surface area contributed by atoms with Crippen LogP contribution in [0.15, 0.2) is 53.4 Å². The zero-order valence-corrected chi connectivity index (χ0v) is 15.1. The molecule has 27 heavy (non-hydrogen) atoms. The van der Waals surface area contributed by atoms with Crippen LogP contribution in [0.5, 0.6) is 0 Å². The first-order valence-electron chi connectivity index (χ1n) is 8.17. The number of carbonyl (C=O) groups is 1. The normalized spacial score (nSPS) is 16.9. The van der Waals surface area contributed by atoms with Gasteiger partial charge < -0.3 is 5.32 Å². The third-order valence-corrected chi connectivity index (χ3v) is 6.21. The predicted octanol–water partition coefficient (Wildman–Crippen LogP) is 3.12. The van der Waals surface area contributed by atoms with Crippen molar-refractivity contribution in [3.8, 4) is 0 Å². The fourth-order valence-corrected chi connectivity index (χ4v) is 4.77. The van der Waals surface area contributed by atoms with Crippen LogP contribution in [0.3, 0.4) is 0 Å². The lowest BCUT2D eigenvalue weighted by Gasteiger charge is -2.24. The van der Waals surface area contributed by atoms with Crippen LogP contribution in [0.2, 0.25) is 0 Å². The van der Waals surface area contributed by atoms with E-state index in [2.05, 4.69) is 0 Å². The van der Waals surface area contributed by atoms with Gasteiger partial charge in [-0.1, -0.05) is 18.2 Å². The Labute approximate surface area is 154 Å². The van der Waals surface area contributed by atoms with E-state index in [9.17, 15) is 26.4 Å². The summed E-state index contributed by atoms with van der Waals surface area (Å²) in [6.45, 7) is 0.352. The van der Waals surface area contributed by atoms with E-state index in [1.165, 1.54) is 28.6 Å². The summed E-state index contributed by atoms with van der Waals surface area (Å²) in [5.41, 5.74) is 1.49. The molecule has 0 radical (unpaired) electrons. The highest BCUT2D eigenvalue weighted by atomic mass is 32.2. The topological polar surface area (TPSA) is 66.5 Å². The van der Waals surface area contributed by atoms with Gasteiger partial charge in [-0.25, -0.2) is 8.42 Å². The van der Waals surface area contributed by atoms with Crippen molar-refractivity contribution in [3.05, 3.63) is 59.7 Å². The number of hydrogen-bond acceptors (Lipinski definition) is 3. The maximum atomic E-state index is 13.0. The monoisotopic (exact) mass is 398 g/mol. The lowest BCUT2D eigenvalue weighted by Crippen LogP contribution is -2.36. The molecule has 2 aromatic rings. The molecule has 0 aliphatic carbocycles. The summed E-state index contributed by atoms with van der Waals surface area (Å²) < 4.78 is 63.9. The molecule has 0 saturated heterocycles. The quantitative estimate of drug-likeness (QED) is 0.861. The molecule has 0 aromatic heterocycles. The summed E-state index contributed by atoms with van der Waals surface area (Å²) in [6.07, 6.45) is -3.93. The Morgan fingerprint density at radius 1 is 1.15 bits per heavy atom. The molecule has 0 saturated carbocycles. The van der Waals surface area contributed by atoms with Crippen LogP contribution in [0, 0.1) is 0 Å². The van der Waals surface area contributed by atoms with Gasteiger partial charge in [0.05, 0.1) is 10.6 Å². The highest BCUT2D eigenvalue weighted by Gasteiger charge is 2.36. The summed E-state index contributed by atoms with van der Waals surface area (Å²) >= 11 is 0. The number of alkyl halides is 3. The number of rotatable bonds is 4. The molecule has 0 unspecified atom stereocenters. The van der Waals surface area contributed by atoms with Crippen molar-refractivity contribution in [3.63, 3.8) is 0 Å². The number of fused-ring (bicyclic) bond motifs is 1. The molecule has 0 spiro atoms. The van der Waals surface area contributed by atoms with Crippen molar-refractivity contribution in [1.29, 1.82) is 0 Å². The molecular formula is C18H17F3N2O3S. The molecule has 144 valence electrons. The number of benzene rings is 2. The van der Waals surface area contributed by atoms with Gasteiger partial charge in [0.2, 0.25) is 0 Å². The summed E-state index contributed by atoms with van der Waals surface area (Å²) in [6, 6.07) is 11.8. The van der Waals surface area contributed by atoms with E-state index in [0.717, 1.165) is 5.56 Å². The Bertz CT molecular complexity index is 957. The highest BCUT2D eigenvalue weighted by Crippen LogP contribution is 2.36. The van der Waals surface area contributed by atoms with E-state index in [-0.39, 0.29) is 16.5 Å². The van der Waals surface area contributed by atoms with Crippen LogP contribution in [-0.2, 0) is 16.4 Å². The maximum Gasteiger partial charge on any atom is 0.405 e. The van der Waals surface area contributed by atoms with Gasteiger partial charge in [0.25, 0.3) is 15.9 Å². The predicted molar refractivity (Wildman–Crippen MR) is 94.1 cm³/mol. The largest absolute Gasteiger partial charge is 0.405 e. The molecule has 1 heterocycles. The molecule has 2 aromatic carbocycles. The number of nitrogens with one attached hydrogen (secondary N) is 1. The molecule has 1 aliphatic rings. The zero-order valence-electron chi connectivity index (χ0n) is 14.3. The average molecular weight is 398 g/mol. The first-order chi connectivity index (χ1) is 12.6. The minimum atomic E-state index is -4.52. The van der Waals surface area contributed by atoms with E-state index in [1.807, 2.05) is 12.1 Å². The van der Waals surface area contributed by atoms with Crippen molar-refractivity contribution in [2.75, 3.05) is 10.8 Å². The number of carbonyl (C=O) groups excluding carboxylic acids is 1. The Morgan fingerprint density at radius 2 is 1.78 bits per heavy atom. The number of nitrogens with zero attached hydrogens (tertiary/aromatic N) is 1. The minimum absolute atomic E-state index is 0.0292. The van der Waals surface area contributed by atoms with E-state index in [1.54, 1.807) is 24.4 Å². The molecule has 9 heteroatoms. The Hall–Kier alpha value is -2.55. The number of hydrogen-bond donors (Lipinski definition) is 1. The zero-order chi connectivity index (χ0) is 19.8. The van der Waals surface area contributed by atoms with Gasteiger partial charge in [-0.05, 0) is 49.2 Å². The van der Waals surface area contributed by atoms with Crippen molar-refractivity contribution in [1.82, 2.24) is 5.32 Å². The fraction of sp³-hybridized carbons (Fsp3) is 0.278. The Balaban J connectivity index is 1.83. The second-order valence-electron chi connectivity index (χ2n) is 6.30. The van der Waals surface area contributed by atoms with Crippen LogP contribution >= 0.6 is 0 Å². The minimum Gasteiger partial charge on any atom is -0.343 e. The van der Waals surface area contributed by atoms with Crippen molar-refractivity contribution < 1.29 is 26.4 Å². The molecule has 0 fully saturated rings. The molecular weight excluding hydrogens is 381 g/mol. The first kappa shape index (κ1) is 19.2. The average Bonchev–Trinajstić information content (AvgIpc) is 2.95. The molecule has 1 atom stereocenters. The summed E-state index contributed by atoms with van der Waals surface area (Å²) in [5, 5.41) is 1.75. The molecule has 1 N–H and O–H groups in total. The third-order valence-electron chi connectivity index (χ3n) is 4.27. The first-order valence-corrected chi connectivity index (χ1v) is 9.61. The molecule has 1 amide bonds. The molecule has 3 rings (SSSR count). The lowest BCUT2D eigenvalue weighted by molar-refractivity contribution is -0.123. The number of sulfonamides is 1. The summed E-state index contributed by atoms with van der Waals surface area (Å²) in [4.78, 5) is 11.7. The third kappa shape index (κ3) is 3.92. The molecule has 5 nitrogen and oxygen atoms in total. The van der Waals surface area contributed by atoms with Gasteiger partial charge >= 0.3 is 6.18 Å². The van der Waals surface area contributed by atoms with E-state index in [4.69, 9.17) is 0 Å². The van der Waals surface area contributed by atoms with Crippen LogP contribution in [0.1, 0.15) is 22.8 Å². The molecule has 0 bridgehead atoms. The van der Waals surface area contributed by atoms with Crippen LogP contribution < -0.4 is 9.62 Å². The van der Waals surface area contributed by atoms with Crippen molar-refractivity contribution >= 4 is 21.6 Å². The standard InChI is InChI=1S/C18H17F3N2O3S/c1-12-10-14-4-2-3-5-16(14)23(12)27(25,26)15-8-6-13(7-9-15)17(24)22-11-18(19,20)21/h2-9,12H,10-11H2,1H3,(H,22,24)/t12-/m0/s1. The number of amides is 1. The van der Waals surface area contributed by atoms with Gasteiger partial charge in [-0.3, -0.25) is 9.10 Å². The number of anilines is 1. The van der Waals surface area contributed by atoms with Gasteiger partial charge in [-0.2, -0.15) is 13.2 Å². The number of para-hydroxylation sites is 1. The number of halogens is 3. The fourth-order valence-electron chi connectivity index (χ4n) is 3.08. The van der Waals surface area contributed by atoms with Crippen LogP contribution in [-0.4, -0.2) is 33.1 Å². The second-order valence-corrected chi connectivity index (χ2v) is 8.12. The van der Waals surface area contributed by atoms with Crippen molar-refractivity contribution in [2.24, 2.45) is 0 Å².